The van der Waals surface area contributed by atoms with E-state index in [0.29, 0.717) is 43.1 Å². The van der Waals surface area contributed by atoms with Gasteiger partial charge in [0.25, 0.3) is 0 Å². The molecule has 2 aromatic rings. The Morgan fingerprint density at radius 1 is 1.41 bits per heavy atom. The van der Waals surface area contributed by atoms with Crippen LogP contribution in [0.2, 0.25) is 0 Å². The summed E-state index contributed by atoms with van der Waals surface area (Å²) in [6.45, 7) is 2.85. The highest BCUT2D eigenvalue weighted by molar-refractivity contribution is 5.89. The molecule has 0 radical (unpaired) electrons. The number of nitrogens with zero attached hydrogens (tertiary/aromatic N) is 4. The van der Waals surface area contributed by atoms with Crippen molar-refractivity contribution in [1.29, 1.82) is 0 Å². The Kier molecular flexibility index (Phi) is 5.24. The van der Waals surface area contributed by atoms with E-state index < -0.39 is 11.0 Å². The molecule has 27 heavy (non-hydrogen) atoms. The van der Waals surface area contributed by atoms with E-state index in [1.165, 1.54) is 28.9 Å². The van der Waals surface area contributed by atoms with Gasteiger partial charge < -0.3 is 15.5 Å². The molecule has 1 aromatic heterocycles. The lowest BCUT2D eigenvalue weighted by Crippen LogP contribution is -2.40. The zero-order valence-electron chi connectivity index (χ0n) is 15.1. The van der Waals surface area contributed by atoms with Crippen LogP contribution in [0, 0.1) is 15.9 Å². The highest BCUT2D eigenvalue weighted by Crippen LogP contribution is 2.33. The molecule has 0 bridgehead atoms. The minimum absolute atomic E-state index is 0.0245. The molecule has 3 rings (SSSR count). The molecule has 10 heteroatoms. The maximum atomic E-state index is 12.9. The van der Waals surface area contributed by atoms with Crippen molar-refractivity contribution in [3.63, 3.8) is 0 Å². The number of carbonyl (C=O) groups is 1. The standard InChI is InChI=1S/C17H21FN6O3/c1-3-14-15(24(26)27)16(22(2)21-14)23-9-8-13(10-23)20-17(25)19-12-6-4-11(18)5-7-12/h4-7,13H,3,8-10H2,1-2H3,(H2,19,20,25). The second kappa shape index (κ2) is 7.60. The quantitative estimate of drug-likeness (QED) is 0.616. The van der Waals surface area contributed by atoms with Crippen molar-refractivity contribution in [3.05, 3.63) is 45.9 Å². The van der Waals surface area contributed by atoms with Gasteiger partial charge in [0.15, 0.2) is 0 Å². The second-order valence-electron chi connectivity index (χ2n) is 6.39. The second-order valence-corrected chi connectivity index (χ2v) is 6.39. The third-order valence-electron chi connectivity index (χ3n) is 4.50. The van der Waals surface area contributed by atoms with Gasteiger partial charge in [0.1, 0.15) is 11.5 Å². The zero-order chi connectivity index (χ0) is 19.6. The fourth-order valence-corrected chi connectivity index (χ4v) is 3.29. The van der Waals surface area contributed by atoms with Crippen molar-refractivity contribution in [3.8, 4) is 0 Å². The van der Waals surface area contributed by atoms with Crippen LogP contribution in [0.1, 0.15) is 19.0 Å². The van der Waals surface area contributed by atoms with Gasteiger partial charge in [-0.05, 0) is 37.1 Å². The van der Waals surface area contributed by atoms with E-state index in [-0.39, 0.29) is 17.5 Å². The molecule has 1 aromatic carbocycles. The van der Waals surface area contributed by atoms with Crippen LogP contribution in [-0.4, -0.2) is 39.9 Å². The highest BCUT2D eigenvalue weighted by Gasteiger charge is 2.34. The third-order valence-corrected chi connectivity index (χ3v) is 4.50. The predicted octanol–water partition coefficient (Wildman–Crippen LogP) is 2.43. The van der Waals surface area contributed by atoms with Gasteiger partial charge in [0, 0.05) is 31.9 Å². The number of carbonyl (C=O) groups excluding carboxylic acids is 1. The van der Waals surface area contributed by atoms with Crippen LogP contribution >= 0.6 is 0 Å². The molecule has 0 aliphatic carbocycles. The Morgan fingerprint density at radius 2 is 2.11 bits per heavy atom. The molecule has 1 aliphatic heterocycles. The van der Waals surface area contributed by atoms with Crippen LogP contribution < -0.4 is 15.5 Å². The van der Waals surface area contributed by atoms with Crippen molar-refractivity contribution in [1.82, 2.24) is 15.1 Å². The van der Waals surface area contributed by atoms with Crippen LogP contribution in [-0.2, 0) is 13.5 Å². The van der Waals surface area contributed by atoms with E-state index in [2.05, 4.69) is 15.7 Å². The van der Waals surface area contributed by atoms with Gasteiger partial charge >= 0.3 is 11.7 Å². The Morgan fingerprint density at radius 3 is 2.74 bits per heavy atom. The first kappa shape index (κ1) is 18.6. The third kappa shape index (κ3) is 3.99. The van der Waals surface area contributed by atoms with Gasteiger partial charge in [-0.1, -0.05) is 6.92 Å². The summed E-state index contributed by atoms with van der Waals surface area (Å²) in [5.41, 5.74) is 0.956. The number of benzene rings is 1. The summed E-state index contributed by atoms with van der Waals surface area (Å²) in [7, 11) is 1.68. The molecule has 0 spiro atoms. The van der Waals surface area contributed by atoms with E-state index in [9.17, 15) is 19.3 Å². The van der Waals surface area contributed by atoms with Gasteiger partial charge in [-0.3, -0.25) is 10.1 Å². The summed E-state index contributed by atoms with van der Waals surface area (Å²) in [4.78, 5) is 25.1. The summed E-state index contributed by atoms with van der Waals surface area (Å²) < 4.78 is 14.4. The van der Waals surface area contributed by atoms with Crippen molar-refractivity contribution >= 4 is 23.2 Å². The van der Waals surface area contributed by atoms with Crippen LogP contribution in [0.25, 0.3) is 0 Å². The van der Waals surface area contributed by atoms with Gasteiger partial charge in [0.2, 0.25) is 5.82 Å². The van der Waals surface area contributed by atoms with Crippen molar-refractivity contribution < 1.29 is 14.1 Å². The number of hydrogen-bond acceptors (Lipinski definition) is 5. The lowest BCUT2D eigenvalue weighted by molar-refractivity contribution is -0.384. The number of aryl methyl sites for hydroxylation is 2. The smallest absolute Gasteiger partial charge is 0.334 e. The van der Waals surface area contributed by atoms with E-state index in [1.54, 1.807) is 7.05 Å². The molecule has 1 unspecified atom stereocenters. The number of anilines is 2. The molecule has 1 atom stereocenters. The number of halogens is 1. The molecule has 9 nitrogen and oxygen atoms in total. The van der Waals surface area contributed by atoms with Gasteiger partial charge in [-0.15, -0.1) is 0 Å². The molecule has 1 saturated heterocycles. The molecular formula is C17H21FN6O3. The largest absolute Gasteiger partial charge is 0.349 e. The topological polar surface area (TPSA) is 105 Å². The van der Waals surface area contributed by atoms with Crippen LogP contribution in [0.3, 0.4) is 0 Å². The Bertz CT molecular complexity index is 851. The number of nitrogens with one attached hydrogen (secondary N) is 2. The van der Waals surface area contributed by atoms with Crippen LogP contribution in [0.4, 0.5) is 26.4 Å². The average Bonchev–Trinajstić information content (AvgIpc) is 3.20. The maximum absolute atomic E-state index is 12.9. The molecule has 1 aliphatic rings. The van der Waals surface area contributed by atoms with Gasteiger partial charge in [-0.25, -0.2) is 13.9 Å². The molecule has 2 N–H and O–H groups in total. The molecule has 2 amide bonds. The molecular weight excluding hydrogens is 355 g/mol. The summed E-state index contributed by atoms with van der Waals surface area (Å²) in [5.74, 6) is 0.0803. The summed E-state index contributed by atoms with van der Waals surface area (Å²) in [6, 6.07) is 4.91. The maximum Gasteiger partial charge on any atom is 0.334 e. The number of aromatic nitrogens is 2. The van der Waals surface area contributed by atoms with Crippen molar-refractivity contribution in [2.75, 3.05) is 23.3 Å². The Balaban J connectivity index is 1.65. The van der Waals surface area contributed by atoms with Crippen molar-refractivity contribution in [2.24, 2.45) is 7.05 Å². The number of rotatable bonds is 5. The minimum atomic E-state index is -0.401. The number of amides is 2. The fourth-order valence-electron chi connectivity index (χ4n) is 3.29. The first-order chi connectivity index (χ1) is 12.9. The monoisotopic (exact) mass is 376 g/mol. The number of hydrogen-bond donors (Lipinski definition) is 2. The summed E-state index contributed by atoms with van der Waals surface area (Å²) >= 11 is 0. The lowest BCUT2D eigenvalue weighted by atomic mass is 10.2. The average molecular weight is 376 g/mol. The van der Waals surface area contributed by atoms with E-state index in [1.807, 2.05) is 11.8 Å². The highest BCUT2D eigenvalue weighted by atomic mass is 19.1. The lowest BCUT2D eigenvalue weighted by Gasteiger charge is -2.18. The van der Waals surface area contributed by atoms with E-state index in [0.717, 1.165) is 0 Å². The number of nitro groups is 1. The van der Waals surface area contributed by atoms with Crippen LogP contribution in [0.15, 0.2) is 24.3 Å². The SMILES string of the molecule is CCc1nn(C)c(N2CCC(NC(=O)Nc3ccc(F)cc3)C2)c1[N+](=O)[O-]. The number of urea groups is 1. The molecule has 0 saturated carbocycles. The first-order valence-corrected chi connectivity index (χ1v) is 8.67. The Hall–Kier alpha value is -3.17. The Labute approximate surface area is 155 Å². The van der Waals surface area contributed by atoms with Crippen LogP contribution in [0.5, 0.6) is 0 Å². The van der Waals surface area contributed by atoms with Crippen molar-refractivity contribution in [2.45, 2.75) is 25.8 Å². The summed E-state index contributed by atoms with van der Waals surface area (Å²) in [6.07, 6.45) is 1.13. The first-order valence-electron chi connectivity index (χ1n) is 8.67. The molecule has 1 fully saturated rings. The van der Waals surface area contributed by atoms with Gasteiger partial charge in [-0.2, -0.15) is 5.10 Å². The zero-order valence-corrected chi connectivity index (χ0v) is 15.1. The minimum Gasteiger partial charge on any atom is -0.349 e. The normalized spacial score (nSPS) is 16.4. The molecule has 2 heterocycles. The van der Waals surface area contributed by atoms with E-state index in [4.69, 9.17) is 0 Å². The van der Waals surface area contributed by atoms with Gasteiger partial charge in [0.05, 0.1) is 4.92 Å². The summed E-state index contributed by atoms with van der Waals surface area (Å²) in [5, 5.41) is 21.2. The fraction of sp³-hybridized carbons (Fsp3) is 0.412. The van der Waals surface area contributed by atoms with E-state index >= 15 is 0 Å². The molecule has 144 valence electrons. The predicted molar refractivity (Wildman–Crippen MR) is 98.4 cm³/mol.